The number of benzene rings is 1. The summed E-state index contributed by atoms with van der Waals surface area (Å²) in [5.41, 5.74) is 1.16. The van der Waals surface area contributed by atoms with E-state index >= 15 is 0 Å². The predicted molar refractivity (Wildman–Crippen MR) is 71.2 cm³/mol. The minimum atomic E-state index is -0.304. The Morgan fingerprint density at radius 2 is 2.11 bits per heavy atom. The Labute approximate surface area is 110 Å². The summed E-state index contributed by atoms with van der Waals surface area (Å²) < 4.78 is 10.3. The van der Waals surface area contributed by atoms with Gasteiger partial charge in [0, 0.05) is 4.88 Å². The van der Waals surface area contributed by atoms with Crippen molar-refractivity contribution >= 4 is 17.3 Å². The van der Waals surface area contributed by atoms with E-state index in [-0.39, 0.29) is 5.97 Å². The van der Waals surface area contributed by atoms with Gasteiger partial charge in [0.2, 0.25) is 0 Å². The van der Waals surface area contributed by atoms with Crippen molar-refractivity contribution in [3.05, 3.63) is 51.7 Å². The largest absolute Gasteiger partial charge is 0.488 e. The van der Waals surface area contributed by atoms with Crippen LogP contribution in [-0.4, -0.2) is 13.1 Å². The Morgan fingerprint density at radius 3 is 2.83 bits per heavy atom. The summed E-state index contributed by atoms with van der Waals surface area (Å²) >= 11 is 1.39. The highest BCUT2D eigenvalue weighted by Gasteiger charge is 2.09. The molecular weight excluding hydrogens is 248 g/mol. The molecule has 0 saturated carbocycles. The van der Waals surface area contributed by atoms with Crippen LogP contribution in [0.2, 0.25) is 0 Å². The van der Waals surface area contributed by atoms with Crippen LogP contribution >= 0.6 is 11.3 Å². The molecule has 4 heteroatoms. The molecule has 0 atom stereocenters. The Morgan fingerprint density at radius 1 is 1.28 bits per heavy atom. The number of thiophene rings is 1. The smallest absolute Gasteiger partial charge is 0.348 e. The van der Waals surface area contributed by atoms with Gasteiger partial charge in [-0.2, -0.15) is 0 Å². The van der Waals surface area contributed by atoms with Gasteiger partial charge in [-0.1, -0.05) is 12.1 Å². The quantitative estimate of drug-likeness (QED) is 0.792. The number of aryl methyl sites for hydroxylation is 1. The molecule has 2 aromatic rings. The molecule has 0 N–H and O–H groups in total. The van der Waals surface area contributed by atoms with Crippen molar-refractivity contribution < 1.29 is 14.3 Å². The zero-order valence-corrected chi connectivity index (χ0v) is 11.1. The lowest BCUT2D eigenvalue weighted by Crippen LogP contribution is -1.97. The van der Waals surface area contributed by atoms with Crippen LogP contribution < -0.4 is 4.74 Å². The SMILES string of the molecule is COC(=O)c1ccc(COc2cccc(C)c2)s1. The second-order valence-corrected chi connectivity index (χ2v) is 5.03. The van der Waals surface area contributed by atoms with Crippen LogP contribution in [0.15, 0.2) is 36.4 Å². The molecule has 0 spiro atoms. The molecule has 0 aliphatic rings. The fourth-order valence-corrected chi connectivity index (χ4v) is 2.36. The van der Waals surface area contributed by atoms with Gasteiger partial charge in [0.1, 0.15) is 17.2 Å². The van der Waals surface area contributed by atoms with Gasteiger partial charge in [-0.15, -0.1) is 11.3 Å². The maximum absolute atomic E-state index is 11.3. The van der Waals surface area contributed by atoms with Gasteiger partial charge in [-0.3, -0.25) is 0 Å². The monoisotopic (exact) mass is 262 g/mol. The molecule has 0 aliphatic carbocycles. The molecule has 2 rings (SSSR count). The molecule has 18 heavy (non-hydrogen) atoms. The standard InChI is InChI=1S/C14H14O3S/c1-10-4-3-5-11(8-10)17-9-12-6-7-13(18-12)14(15)16-2/h3-8H,9H2,1-2H3. The number of methoxy groups -OCH3 is 1. The highest BCUT2D eigenvalue weighted by molar-refractivity contribution is 7.13. The number of hydrogen-bond donors (Lipinski definition) is 0. The minimum absolute atomic E-state index is 0.304. The first-order chi connectivity index (χ1) is 8.69. The molecule has 0 fully saturated rings. The molecule has 0 aliphatic heterocycles. The van der Waals surface area contributed by atoms with Gasteiger partial charge >= 0.3 is 5.97 Å². The van der Waals surface area contributed by atoms with Crippen LogP contribution in [0.1, 0.15) is 20.1 Å². The number of rotatable bonds is 4. The zero-order chi connectivity index (χ0) is 13.0. The maximum atomic E-state index is 11.3. The third-order valence-electron chi connectivity index (χ3n) is 2.42. The first kappa shape index (κ1) is 12.6. The van der Waals surface area contributed by atoms with E-state index in [0.29, 0.717) is 11.5 Å². The summed E-state index contributed by atoms with van der Waals surface area (Å²) in [6, 6.07) is 11.5. The van der Waals surface area contributed by atoms with Crippen LogP contribution in [0.25, 0.3) is 0 Å². The third kappa shape index (κ3) is 3.11. The summed E-state index contributed by atoms with van der Waals surface area (Å²) in [5, 5.41) is 0. The van der Waals surface area contributed by atoms with Crippen molar-refractivity contribution in [3.63, 3.8) is 0 Å². The number of carbonyl (C=O) groups is 1. The molecule has 1 aromatic heterocycles. The van der Waals surface area contributed by atoms with Crippen LogP contribution in [0.5, 0.6) is 5.75 Å². The third-order valence-corrected chi connectivity index (χ3v) is 3.46. The first-order valence-corrected chi connectivity index (χ1v) is 6.37. The highest BCUT2D eigenvalue weighted by Crippen LogP contribution is 2.20. The van der Waals surface area contributed by atoms with Crippen molar-refractivity contribution in [1.82, 2.24) is 0 Å². The lowest BCUT2D eigenvalue weighted by atomic mass is 10.2. The fraction of sp³-hybridized carbons (Fsp3) is 0.214. The topological polar surface area (TPSA) is 35.5 Å². The minimum Gasteiger partial charge on any atom is -0.488 e. The second-order valence-electron chi connectivity index (χ2n) is 3.86. The number of ether oxygens (including phenoxy) is 2. The van der Waals surface area contributed by atoms with E-state index < -0.39 is 0 Å². The van der Waals surface area contributed by atoms with Gasteiger partial charge in [-0.05, 0) is 36.8 Å². The van der Waals surface area contributed by atoms with Crippen LogP contribution in [-0.2, 0) is 11.3 Å². The van der Waals surface area contributed by atoms with Crippen molar-refractivity contribution in [3.8, 4) is 5.75 Å². The summed E-state index contributed by atoms with van der Waals surface area (Å²) in [7, 11) is 1.38. The fourth-order valence-electron chi connectivity index (χ4n) is 1.53. The Kier molecular flexibility index (Phi) is 3.99. The highest BCUT2D eigenvalue weighted by atomic mass is 32.1. The van der Waals surface area contributed by atoms with Gasteiger partial charge in [-0.25, -0.2) is 4.79 Å². The van der Waals surface area contributed by atoms with Gasteiger partial charge < -0.3 is 9.47 Å². The molecule has 0 radical (unpaired) electrons. The Balaban J connectivity index is 1.98. The Bertz CT molecular complexity index is 545. The molecule has 94 valence electrons. The van der Waals surface area contributed by atoms with Gasteiger partial charge in [0.15, 0.2) is 0 Å². The lowest BCUT2D eigenvalue weighted by molar-refractivity contribution is 0.0606. The Hall–Kier alpha value is -1.81. The van der Waals surface area contributed by atoms with Crippen LogP contribution in [0, 0.1) is 6.92 Å². The summed E-state index contributed by atoms with van der Waals surface area (Å²) in [5.74, 6) is 0.532. The van der Waals surface area contributed by atoms with Gasteiger partial charge in [0.25, 0.3) is 0 Å². The predicted octanol–water partition coefficient (Wildman–Crippen LogP) is 3.42. The lowest BCUT2D eigenvalue weighted by Gasteiger charge is -2.04. The summed E-state index contributed by atoms with van der Waals surface area (Å²) in [6.45, 7) is 2.48. The van der Waals surface area contributed by atoms with Crippen molar-refractivity contribution in [1.29, 1.82) is 0 Å². The average molecular weight is 262 g/mol. The van der Waals surface area contributed by atoms with Crippen molar-refractivity contribution in [2.24, 2.45) is 0 Å². The molecule has 0 saturated heterocycles. The van der Waals surface area contributed by atoms with E-state index in [4.69, 9.17) is 4.74 Å². The molecule has 0 amide bonds. The number of esters is 1. The first-order valence-electron chi connectivity index (χ1n) is 5.55. The van der Waals surface area contributed by atoms with Crippen LogP contribution in [0.3, 0.4) is 0 Å². The van der Waals surface area contributed by atoms with Gasteiger partial charge in [0.05, 0.1) is 7.11 Å². The van der Waals surface area contributed by atoms with Crippen LogP contribution in [0.4, 0.5) is 0 Å². The molecule has 1 heterocycles. The van der Waals surface area contributed by atoms with E-state index in [0.717, 1.165) is 16.2 Å². The average Bonchev–Trinajstić information content (AvgIpc) is 2.84. The summed E-state index contributed by atoms with van der Waals surface area (Å²) in [6.07, 6.45) is 0. The van der Waals surface area contributed by atoms with Crippen molar-refractivity contribution in [2.75, 3.05) is 7.11 Å². The number of hydrogen-bond acceptors (Lipinski definition) is 4. The molecule has 0 bridgehead atoms. The maximum Gasteiger partial charge on any atom is 0.348 e. The van der Waals surface area contributed by atoms with E-state index in [1.165, 1.54) is 18.4 Å². The number of carbonyl (C=O) groups excluding carboxylic acids is 1. The van der Waals surface area contributed by atoms with E-state index in [1.54, 1.807) is 6.07 Å². The second kappa shape index (κ2) is 5.69. The molecule has 3 nitrogen and oxygen atoms in total. The van der Waals surface area contributed by atoms with Crippen molar-refractivity contribution in [2.45, 2.75) is 13.5 Å². The summed E-state index contributed by atoms with van der Waals surface area (Å²) in [4.78, 5) is 12.9. The normalized spacial score (nSPS) is 10.1. The molecule has 1 aromatic carbocycles. The van der Waals surface area contributed by atoms with E-state index in [2.05, 4.69) is 4.74 Å². The zero-order valence-electron chi connectivity index (χ0n) is 10.3. The molecular formula is C14H14O3S. The molecule has 0 unspecified atom stereocenters. The van der Waals surface area contributed by atoms with E-state index in [1.807, 2.05) is 37.3 Å². The van der Waals surface area contributed by atoms with E-state index in [9.17, 15) is 4.79 Å².